The number of pyridine rings is 1. The van der Waals surface area contributed by atoms with Gasteiger partial charge in [0, 0.05) is 18.8 Å². The first kappa shape index (κ1) is 16.1. The number of nitrogens with one attached hydrogen (secondary N) is 1. The summed E-state index contributed by atoms with van der Waals surface area (Å²) in [6.45, 7) is 1.95. The Labute approximate surface area is 149 Å². The number of aromatic nitrogens is 6. The third-order valence-corrected chi connectivity index (χ3v) is 4.12. The van der Waals surface area contributed by atoms with E-state index in [-0.39, 0.29) is 11.9 Å². The predicted octanol–water partition coefficient (Wildman–Crippen LogP) is 3.13. The van der Waals surface area contributed by atoms with Crippen LogP contribution >= 0.6 is 0 Å². The third kappa shape index (κ3) is 3.08. The highest BCUT2D eigenvalue weighted by molar-refractivity contribution is 5.76. The zero-order chi connectivity index (χ0) is 18.1. The van der Waals surface area contributed by atoms with Crippen LogP contribution in [0.4, 0.5) is 10.3 Å². The van der Waals surface area contributed by atoms with E-state index in [2.05, 4.69) is 30.5 Å². The van der Waals surface area contributed by atoms with Crippen molar-refractivity contribution in [2.75, 3.05) is 5.32 Å². The fourth-order valence-corrected chi connectivity index (χ4v) is 2.66. The maximum atomic E-state index is 13.0. The van der Waals surface area contributed by atoms with Crippen molar-refractivity contribution < 1.29 is 4.39 Å². The van der Waals surface area contributed by atoms with E-state index in [0.29, 0.717) is 11.6 Å². The van der Waals surface area contributed by atoms with E-state index < -0.39 is 0 Å². The van der Waals surface area contributed by atoms with Crippen LogP contribution in [0.3, 0.4) is 0 Å². The second-order valence-corrected chi connectivity index (χ2v) is 6.01. The molecule has 0 saturated carbocycles. The van der Waals surface area contributed by atoms with E-state index in [4.69, 9.17) is 0 Å². The van der Waals surface area contributed by atoms with E-state index in [1.54, 1.807) is 30.9 Å². The van der Waals surface area contributed by atoms with E-state index in [0.717, 1.165) is 22.3 Å². The highest BCUT2D eigenvalue weighted by Gasteiger charge is 2.10. The standard InChI is InChI=1S/C18H16FN7/c1-11(12-3-5-14(19)6-4-12)23-18-21-9-16(24-25-18)13-7-15-17(20-8-13)26(2)10-22-15/h3-11H,1-2H3,(H,21,23,25)/t11-/m1/s1. The van der Waals surface area contributed by atoms with Gasteiger partial charge < -0.3 is 9.88 Å². The summed E-state index contributed by atoms with van der Waals surface area (Å²) in [5.74, 6) is 0.138. The first-order valence-corrected chi connectivity index (χ1v) is 8.09. The van der Waals surface area contributed by atoms with E-state index in [9.17, 15) is 4.39 Å². The Bertz CT molecular complexity index is 1040. The predicted molar refractivity (Wildman–Crippen MR) is 95.8 cm³/mol. The molecule has 7 nitrogen and oxygen atoms in total. The van der Waals surface area contributed by atoms with Gasteiger partial charge in [-0.05, 0) is 30.7 Å². The van der Waals surface area contributed by atoms with Gasteiger partial charge in [0.05, 0.1) is 18.6 Å². The molecule has 4 rings (SSSR count). The summed E-state index contributed by atoms with van der Waals surface area (Å²) >= 11 is 0. The summed E-state index contributed by atoms with van der Waals surface area (Å²) < 4.78 is 14.9. The number of benzene rings is 1. The second-order valence-electron chi connectivity index (χ2n) is 6.01. The van der Waals surface area contributed by atoms with Gasteiger partial charge >= 0.3 is 0 Å². The van der Waals surface area contributed by atoms with Crippen LogP contribution in [0.2, 0.25) is 0 Å². The highest BCUT2D eigenvalue weighted by Crippen LogP contribution is 2.20. The number of imidazole rings is 1. The van der Waals surface area contributed by atoms with Gasteiger partial charge in [0.1, 0.15) is 17.0 Å². The summed E-state index contributed by atoms with van der Waals surface area (Å²) in [6.07, 6.45) is 5.08. The van der Waals surface area contributed by atoms with Crippen molar-refractivity contribution in [3.8, 4) is 11.3 Å². The van der Waals surface area contributed by atoms with Crippen LogP contribution in [0.5, 0.6) is 0 Å². The Kier molecular flexibility index (Phi) is 4.00. The SMILES string of the molecule is C[C@@H](Nc1ncc(-c2cnc3c(c2)ncn3C)nn1)c1ccc(F)cc1. The molecule has 0 saturated heterocycles. The Morgan fingerprint density at radius 3 is 2.58 bits per heavy atom. The van der Waals surface area contributed by atoms with Crippen LogP contribution < -0.4 is 5.32 Å². The number of rotatable bonds is 4. The van der Waals surface area contributed by atoms with Crippen LogP contribution in [-0.2, 0) is 7.05 Å². The fourth-order valence-electron chi connectivity index (χ4n) is 2.66. The monoisotopic (exact) mass is 349 g/mol. The minimum Gasteiger partial charge on any atom is -0.346 e. The summed E-state index contributed by atoms with van der Waals surface area (Å²) in [6, 6.07) is 8.13. The molecule has 0 aliphatic rings. The lowest BCUT2D eigenvalue weighted by Crippen LogP contribution is -2.10. The van der Waals surface area contributed by atoms with Crippen molar-refractivity contribution >= 4 is 17.1 Å². The van der Waals surface area contributed by atoms with Crippen molar-refractivity contribution in [1.29, 1.82) is 0 Å². The summed E-state index contributed by atoms with van der Waals surface area (Å²) in [7, 11) is 1.89. The largest absolute Gasteiger partial charge is 0.346 e. The molecule has 0 unspecified atom stereocenters. The number of fused-ring (bicyclic) bond motifs is 1. The maximum Gasteiger partial charge on any atom is 0.243 e. The van der Waals surface area contributed by atoms with Gasteiger partial charge in [-0.2, -0.15) is 0 Å². The molecule has 0 aliphatic heterocycles. The molecule has 1 atom stereocenters. The second kappa shape index (κ2) is 6.47. The Balaban J connectivity index is 1.53. The van der Waals surface area contributed by atoms with Gasteiger partial charge in [0.15, 0.2) is 5.65 Å². The van der Waals surface area contributed by atoms with Gasteiger partial charge in [-0.1, -0.05) is 12.1 Å². The molecular formula is C18H16FN7. The quantitative estimate of drug-likeness (QED) is 0.610. The molecule has 1 aromatic carbocycles. The first-order chi connectivity index (χ1) is 12.6. The number of halogens is 1. The van der Waals surface area contributed by atoms with Crippen molar-refractivity contribution in [3.05, 3.63) is 60.4 Å². The molecule has 0 bridgehead atoms. The minimum absolute atomic E-state index is 0.0743. The van der Waals surface area contributed by atoms with Crippen LogP contribution in [0.25, 0.3) is 22.4 Å². The molecule has 130 valence electrons. The molecule has 1 N–H and O–H groups in total. The smallest absolute Gasteiger partial charge is 0.243 e. The molecule has 0 amide bonds. The van der Waals surface area contributed by atoms with Gasteiger partial charge in [0.25, 0.3) is 0 Å². The summed E-state index contributed by atoms with van der Waals surface area (Å²) in [5.41, 5.74) is 3.95. The van der Waals surface area contributed by atoms with Crippen LogP contribution in [0, 0.1) is 5.82 Å². The molecule has 0 spiro atoms. The van der Waals surface area contributed by atoms with Crippen LogP contribution in [0.15, 0.2) is 49.1 Å². The number of hydrogen-bond acceptors (Lipinski definition) is 6. The van der Waals surface area contributed by atoms with E-state index >= 15 is 0 Å². The molecule has 3 heterocycles. The Hall–Kier alpha value is -3.42. The lowest BCUT2D eigenvalue weighted by atomic mass is 10.1. The third-order valence-electron chi connectivity index (χ3n) is 4.12. The molecular weight excluding hydrogens is 333 g/mol. The zero-order valence-corrected chi connectivity index (χ0v) is 14.3. The molecule has 8 heteroatoms. The number of anilines is 1. The molecule has 0 radical (unpaired) electrons. The summed E-state index contributed by atoms with van der Waals surface area (Å²) in [5, 5.41) is 11.5. The summed E-state index contributed by atoms with van der Waals surface area (Å²) in [4.78, 5) is 13.0. The average molecular weight is 349 g/mol. The molecule has 3 aromatic heterocycles. The first-order valence-electron chi connectivity index (χ1n) is 8.09. The lowest BCUT2D eigenvalue weighted by Gasteiger charge is -2.13. The van der Waals surface area contributed by atoms with E-state index in [1.807, 2.05) is 24.6 Å². The number of nitrogens with zero attached hydrogens (tertiary/aromatic N) is 6. The molecule has 26 heavy (non-hydrogen) atoms. The topological polar surface area (TPSA) is 81.4 Å². The highest BCUT2D eigenvalue weighted by atomic mass is 19.1. The van der Waals surface area contributed by atoms with Gasteiger partial charge in [-0.25, -0.2) is 19.3 Å². The van der Waals surface area contributed by atoms with E-state index in [1.165, 1.54) is 12.1 Å². The van der Waals surface area contributed by atoms with Crippen LogP contribution in [0.1, 0.15) is 18.5 Å². The molecule has 0 aliphatic carbocycles. The fraction of sp³-hybridized carbons (Fsp3) is 0.167. The number of aryl methyl sites for hydroxylation is 1. The Morgan fingerprint density at radius 2 is 1.85 bits per heavy atom. The van der Waals surface area contributed by atoms with Gasteiger partial charge in [-0.15, -0.1) is 10.2 Å². The van der Waals surface area contributed by atoms with Gasteiger partial charge in [-0.3, -0.25) is 0 Å². The van der Waals surface area contributed by atoms with Crippen molar-refractivity contribution in [3.63, 3.8) is 0 Å². The van der Waals surface area contributed by atoms with Crippen LogP contribution in [-0.4, -0.2) is 29.7 Å². The Morgan fingerprint density at radius 1 is 1.04 bits per heavy atom. The maximum absolute atomic E-state index is 13.0. The van der Waals surface area contributed by atoms with Crippen molar-refractivity contribution in [2.24, 2.45) is 7.05 Å². The normalized spacial score (nSPS) is 12.3. The molecule has 4 aromatic rings. The average Bonchev–Trinajstić information content (AvgIpc) is 3.03. The van der Waals surface area contributed by atoms with Gasteiger partial charge in [0.2, 0.25) is 5.95 Å². The zero-order valence-electron chi connectivity index (χ0n) is 14.3. The number of hydrogen-bond donors (Lipinski definition) is 1. The van der Waals surface area contributed by atoms with Crippen molar-refractivity contribution in [2.45, 2.75) is 13.0 Å². The minimum atomic E-state index is -0.262. The van der Waals surface area contributed by atoms with Crippen molar-refractivity contribution in [1.82, 2.24) is 29.7 Å². The molecule has 0 fully saturated rings. The lowest BCUT2D eigenvalue weighted by molar-refractivity contribution is 0.626.